The summed E-state index contributed by atoms with van der Waals surface area (Å²) < 4.78 is 398. The van der Waals surface area contributed by atoms with Gasteiger partial charge in [-0.25, -0.2) is 43.1 Å². The molecule has 0 amide bonds. The highest BCUT2D eigenvalue weighted by Gasteiger charge is 2.25. The Morgan fingerprint density at radius 2 is 0.901 bits per heavy atom. The van der Waals surface area contributed by atoms with E-state index < -0.39 is 231 Å². The molecule has 414 valence electrons. The van der Waals surface area contributed by atoms with Gasteiger partial charge in [-0.05, 0) is 109 Å². The Morgan fingerprint density at radius 1 is 0.556 bits per heavy atom. The van der Waals surface area contributed by atoms with Crippen molar-refractivity contribution >= 4 is 117 Å². The number of benzene rings is 3. The van der Waals surface area contributed by atoms with Crippen molar-refractivity contribution in [2.75, 3.05) is 54.9 Å². The summed E-state index contributed by atoms with van der Waals surface area (Å²) in [6.45, 7) is -31.3. The molecule has 3 aromatic carbocycles. The number of halogens is 6. The van der Waals surface area contributed by atoms with Crippen LogP contribution in [0.2, 0.25) is 17.2 Å². The van der Waals surface area contributed by atoms with Gasteiger partial charge in [0.15, 0.2) is 4.24 Å². The quantitative estimate of drug-likeness (QED) is 0.104. The van der Waals surface area contributed by atoms with Gasteiger partial charge in [-0.3, -0.25) is 14.7 Å². The molecule has 6 aromatic heterocycles. The summed E-state index contributed by atoms with van der Waals surface area (Å²) in [5.41, 5.74) is -5.03. The van der Waals surface area contributed by atoms with Crippen molar-refractivity contribution in [1.82, 2.24) is 44.6 Å². The van der Waals surface area contributed by atoms with Crippen LogP contribution in [-0.2, 0) is 19.5 Å². The lowest BCUT2D eigenvalue weighted by molar-refractivity contribution is 0.211. The molecule has 9 aromatic rings. The number of thiophene rings is 3. The monoisotopic (exact) mass is 1250 g/mol. The van der Waals surface area contributed by atoms with Gasteiger partial charge in [-0.1, -0.05) is 53.0 Å². The van der Waals surface area contributed by atoms with Crippen LogP contribution in [0.1, 0.15) is 125 Å². The van der Waals surface area contributed by atoms with Gasteiger partial charge in [0.25, 0.3) is 0 Å². The van der Waals surface area contributed by atoms with Crippen LogP contribution >= 0.6 is 68.8 Å². The van der Waals surface area contributed by atoms with Crippen LogP contribution in [0.3, 0.4) is 0 Å². The van der Waals surface area contributed by atoms with E-state index in [4.69, 9.17) is 97.8 Å². The summed E-state index contributed by atoms with van der Waals surface area (Å²) in [5.74, 6) is -6.22. The van der Waals surface area contributed by atoms with E-state index in [-0.39, 0.29) is 75.4 Å². The van der Waals surface area contributed by atoms with E-state index in [1.165, 1.54) is 18.2 Å². The van der Waals surface area contributed by atoms with Crippen LogP contribution in [0.15, 0.2) is 91.6 Å². The van der Waals surface area contributed by atoms with Gasteiger partial charge in [0, 0.05) is 115 Å². The van der Waals surface area contributed by atoms with Crippen molar-refractivity contribution in [1.29, 1.82) is 15.8 Å². The second-order valence-corrected chi connectivity index (χ2v) is 19.9. The topological polar surface area (TPSA) is 195 Å². The van der Waals surface area contributed by atoms with Crippen molar-refractivity contribution in [3.8, 4) is 18.2 Å². The fraction of sp³-hybridized carbons (Fsp3) is 0.316. The Kier molecular flexibility index (Phi) is 8.41. The lowest BCUT2D eigenvalue weighted by Gasteiger charge is -2.32. The zero-order valence-electron chi connectivity index (χ0n) is 81.4. The molecular formula is C57H51Cl3F3N15S3. The van der Waals surface area contributed by atoms with Crippen molar-refractivity contribution in [2.24, 2.45) is 0 Å². The predicted octanol–water partition coefficient (Wildman–Crippen LogP) is 13.3. The summed E-state index contributed by atoms with van der Waals surface area (Å²) in [7, 11) is 0. The molecule has 2 unspecified atom stereocenters. The maximum absolute atomic E-state index is 14.2. The minimum absolute atomic E-state index is 0.113. The Labute approximate surface area is 551 Å². The number of nitrogens with one attached hydrogen (secondary N) is 3. The molecule has 0 spiro atoms. The molecule has 9 heterocycles. The van der Waals surface area contributed by atoms with Gasteiger partial charge < -0.3 is 15.9 Å². The molecule has 2 atom stereocenters. The first-order chi connectivity index (χ1) is 55.8. The summed E-state index contributed by atoms with van der Waals surface area (Å²) in [6.07, 6.45) is -24.3. The molecule has 3 aliphatic heterocycles. The smallest absolute Gasteiger partial charge is 0.162 e. The highest BCUT2D eigenvalue weighted by molar-refractivity contribution is 7.24. The molecule has 3 N–H and O–H groups in total. The van der Waals surface area contributed by atoms with E-state index in [0.717, 1.165) is 12.4 Å². The molecule has 3 aliphatic rings. The Morgan fingerprint density at radius 3 is 1.30 bits per heavy atom. The molecule has 24 heteroatoms. The van der Waals surface area contributed by atoms with Gasteiger partial charge in [0.2, 0.25) is 0 Å². The van der Waals surface area contributed by atoms with Crippen LogP contribution < -0.4 is 15.9 Å². The molecule has 15 nitrogen and oxygen atoms in total. The Bertz CT molecular complexity index is 5870. The number of anilines is 3. The average Bonchev–Trinajstić information content (AvgIpc) is 1.58. The fourth-order valence-corrected chi connectivity index (χ4v) is 9.38. The largest absolute Gasteiger partial charge is 0.366 e. The van der Waals surface area contributed by atoms with E-state index in [2.05, 4.69) is 29.9 Å². The minimum Gasteiger partial charge on any atom is -0.366 e. The number of nitrogens with zero attached hydrogens (tertiary/aromatic N) is 12. The molecule has 0 radical (unpaired) electrons. The number of fused-ring (bicyclic) bond motifs is 3. The number of aromatic nitrogens is 6. The van der Waals surface area contributed by atoms with E-state index in [9.17, 15) is 23.7 Å². The zero-order valence-corrected chi connectivity index (χ0v) is 44.1. The Balaban J connectivity index is 0.000000193. The maximum atomic E-state index is 14.2. The van der Waals surface area contributed by atoms with Crippen molar-refractivity contribution in [3.63, 3.8) is 0 Å². The fourth-order valence-electron chi connectivity index (χ4n) is 6.30. The number of hydrogen-bond acceptors (Lipinski definition) is 18. The highest BCUT2D eigenvalue weighted by atomic mass is 35.5. The second kappa shape index (κ2) is 26.8. The third-order valence-electron chi connectivity index (χ3n) is 9.76. The zero-order chi connectivity index (χ0) is 93.8. The third kappa shape index (κ3) is 14.8. The number of rotatable bonds is 12. The van der Waals surface area contributed by atoms with Gasteiger partial charge in [-0.2, -0.15) is 15.8 Å². The predicted molar refractivity (Wildman–Crippen MR) is 316 cm³/mol. The standard InChI is InChI=1S/3C19H17ClFN5S/c3*20-17-8-16-18(27-17)19(24-11-23-16)25-14-3-5-26(6-4-14)10-12-1-2-15(21)13(7-12)9-22/h3*1-2,7-8,11,14H,3-6,10H2,(H,23,24,25)/i2D,3D2,4D2,5D2,6D2,8D,10D2,11D,14D;2D,3D2,4D2,5D2,6D2,8D,10D,11D,14D;2D,3D2,4D2,5D2,6D2,8D,10D,14D/hD3. The number of nitriles is 3. The average molecular weight is 1250 g/mol. The highest BCUT2D eigenvalue weighted by Crippen LogP contribution is 2.36. The third-order valence-corrected chi connectivity index (χ3v) is 13.3. The van der Waals surface area contributed by atoms with Crippen molar-refractivity contribution in [2.45, 2.75) is 75.8 Å². The van der Waals surface area contributed by atoms with Crippen LogP contribution in [0.5, 0.6) is 0 Å². The molecular weight excluding hydrogens is 1150 g/mol. The summed E-state index contributed by atoms with van der Waals surface area (Å²) in [4.78, 5) is 21.6. The lowest BCUT2D eigenvalue weighted by atomic mass is 10.0. The Hall–Kier alpha value is -6.81. The molecule has 0 saturated carbocycles. The van der Waals surface area contributed by atoms with E-state index in [1.54, 1.807) is 0 Å². The van der Waals surface area contributed by atoms with Gasteiger partial charge in [0.05, 0.1) is 72.7 Å². The van der Waals surface area contributed by atoms with E-state index >= 15 is 0 Å². The van der Waals surface area contributed by atoms with Crippen LogP contribution in [0, 0.1) is 51.4 Å². The number of likely N-dealkylation sites (tertiary alicyclic amines) is 3. The first kappa shape index (κ1) is 25.4. The molecule has 81 heavy (non-hydrogen) atoms. The molecule has 0 aliphatic carbocycles. The van der Waals surface area contributed by atoms with Gasteiger partial charge in [-0.15, -0.1) is 34.0 Å². The summed E-state index contributed by atoms with van der Waals surface area (Å²) >= 11 is 19.8. The van der Waals surface area contributed by atoms with E-state index in [0.29, 0.717) is 64.3 Å². The normalized spacial score (nSPS) is 32.9. The van der Waals surface area contributed by atoms with Crippen molar-refractivity contribution in [3.05, 3.63) is 155 Å². The summed E-state index contributed by atoms with van der Waals surface area (Å²) in [6, 6.07) is -7.35. The first-order valence-corrected chi connectivity index (χ1v) is 25.3. The van der Waals surface area contributed by atoms with Crippen LogP contribution in [-0.4, -0.2) is 102 Å². The molecule has 3 fully saturated rings. The lowest BCUT2D eigenvalue weighted by Crippen LogP contribution is -2.38. The minimum atomic E-state index is -4.03. The maximum Gasteiger partial charge on any atom is 0.162 e. The molecule has 12 rings (SSSR count). The number of piperidine rings is 3. The van der Waals surface area contributed by atoms with Crippen LogP contribution in [0.25, 0.3) is 30.6 Å². The van der Waals surface area contributed by atoms with Crippen LogP contribution in [0.4, 0.5) is 30.6 Å². The molecule has 0 bridgehead atoms. The number of hydrogen-bond donors (Lipinski definition) is 3. The SMILES string of the molecule is [2H]c1cc(C([2H])N2C([2H])([2H])C([2H])([2H])C([2H])(N([2H])c3ncnc4c([2H])c(Cl)sc34)C([2H])([2H])C2([2H])[2H])cc(C#N)c1F.[2H]c1nc(N([2H])C2([2H])C([2H])([2H])C([2H])([2H])N(C([2H])([2H])c3cc([2H])c(F)c(C#N)c3)C([2H])([2H])C2([2H])[2H])c2sc(Cl)c([2H])c2n1.[2H]c1nc(N([2H])C2([2H])C([2H])([2H])C([2H])([2H])N(C([2H])c3cc([2H])c(F)c(C#N)c3)C([2H])([2H])C2([2H])[2H])c2sc(Cl)c([2H])c2n1. The first-order valence-electron chi connectivity index (χ1n) is 42.7. The molecule has 3 saturated heterocycles. The van der Waals surface area contributed by atoms with Gasteiger partial charge in [0.1, 0.15) is 74.8 Å². The second-order valence-electron chi connectivity index (χ2n) is 15.0. The van der Waals surface area contributed by atoms with Gasteiger partial charge >= 0.3 is 0 Å². The van der Waals surface area contributed by atoms with Crippen molar-refractivity contribution < 1.29 is 70.9 Å². The summed E-state index contributed by atoms with van der Waals surface area (Å²) in [5, 5.41) is 26.9. The van der Waals surface area contributed by atoms with E-state index in [1.807, 2.05) is 0 Å².